The molecule has 1 heterocycles. The molecule has 2 aromatic carbocycles. The smallest absolute Gasteiger partial charge is 0.250 e. The first-order valence-corrected chi connectivity index (χ1v) is 9.43. The second-order valence-electron chi connectivity index (χ2n) is 7.22. The molecule has 0 saturated carbocycles. The monoisotopic (exact) mass is 371 g/mol. The number of carbonyl (C=O) groups excluding carboxylic acids is 1. The molecule has 138 valence electrons. The second-order valence-corrected chi connectivity index (χ2v) is 7.63. The molecule has 1 amide bonds. The first kappa shape index (κ1) is 18.7. The maximum Gasteiger partial charge on any atom is 0.250 e. The predicted octanol–water partition coefficient (Wildman–Crippen LogP) is 3.96. The van der Waals surface area contributed by atoms with Crippen molar-refractivity contribution in [3.05, 3.63) is 64.7 Å². The summed E-state index contributed by atoms with van der Waals surface area (Å²) in [7, 11) is 2.08. The van der Waals surface area contributed by atoms with Crippen molar-refractivity contribution in [3.8, 4) is 0 Å². The van der Waals surface area contributed by atoms with Gasteiger partial charge in [-0.05, 0) is 42.6 Å². The van der Waals surface area contributed by atoms with Crippen LogP contribution in [0.3, 0.4) is 0 Å². The summed E-state index contributed by atoms with van der Waals surface area (Å²) >= 11 is 6.27. The highest BCUT2D eigenvalue weighted by Gasteiger charge is 2.25. The molecule has 5 heteroatoms. The van der Waals surface area contributed by atoms with Gasteiger partial charge in [0, 0.05) is 25.8 Å². The Labute approximate surface area is 160 Å². The number of primary amides is 1. The van der Waals surface area contributed by atoms with Gasteiger partial charge < -0.3 is 15.5 Å². The molecular formula is C21H26ClN3O. The molecule has 2 N–H and O–H groups in total. The summed E-state index contributed by atoms with van der Waals surface area (Å²) in [6.07, 6.45) is 1.25. The van der Waals surface area contributed by atoms with E-state index in [0.717, 1.165) is 31.2 Å². The van der Waals surface area contributed by atoms with E-state index in [-0.39, 0.29) is 6.04 Å². The van der Waals surface area contributed by atoms with Gasteiger partial charge in [0.1, 0.15) is 0 Å². The Morgan fingerprint density at radius 3 is 2.62 bits per heavy atom. The molecule has 3 rings (SSSR count). The highest BCUT2D eigenvalue weighted by molar-refractivity contribution is 6.34. The summed E-state index contributed by atoms with van der Waals surface area (Å²) in [4.78, 5) is 16.2. The molecule has 0 bridgehead atoms. The lowest BCUT2D eigenvalue weighted by Gasteiger charge is -2.34. The van der Waals surface area contributed by atoms with Crippen LogP contribution in [0.25, 0.3) is 0 Å². The van der Waals surface area contributed by atoms with Gasteiger partial charge in [0.2, 0.25) is 5.91 Å². The van der Waals surface area contributed by atoms with E-state index in [9.17, 15) is 4.79 Å². The minimum absolute atomic E-state index is 0.206. The molecule has 26 heavy (non-hydrogen) atoms. The van der Waals surface area contributed by atoms with Crippen LogP contribution in [0.1, 0.15) is 35.3 Å². The van der Waals surface area contributed by atoms with Crippen molar-refractivity contribution in [3.63, 3.8) is 0 Å². The summed E-state index contributed by atoms with van der Waals surface area (Å²) in [5, 5.41) is 0.392. The highest BCUT2D eigenvalue weighted by Crippen LogP contribution is 2.31. The lowest BCUT2D eigenvalue weighted by molar-refractivity contribution is 0.100. The first-order valence-electron chi connectivity index (χ1n) is 9.05. The average Bonchev–Trinajstić information content (AvgIpc) is 3.04. The van der Waals surface area contributed by atoms with E-state index < -0.39 is 5.91 Å². The molecule has 0 spiro atoms. The SMILES string of the molecule is C[C@H]1CCN(C[C@H](c2ccccc2)N(C)c2ccc(C(N)=O)c(Cl)c2)C1. The van der Waals surface area contributed by atoms with E-state index in [4.69, 9.17) is 17.3 Å². The van der Waals surface area contributed by atoms with Gasteiger partial charge in [-0.1, -0.05) is 48.9 Å². The minimum Gasteiger partial charge on any atom is -0.366 e. The molecule has 1 aliphatic rings. The zero-order valence-electron chi connectivity index (χ0n) is 15.4. The largest absolute Gasteiger partial charge is 0.366 e. The van der Waals surface area contributed by atoms with Crippen molar-refractivity contribution in [2.24, 2.45) is 11.7 Å². The van der Waals surface area contributed by atoms with Crippen LogP contribution in [0.5, 0.6) is 0 Å². The van der Waals surface area contributed by atoms with Crippen molar-refractivity contribution >= 4 is 23.2 Å². The number of benzene rings is 2. The normalized spacial score (nSPS) is 18.7. The van der Waals surface area contributed by atoms with Crippen molar-refractivity contribution in [1.82, 2.24) is 4.90 Å². The summed E-state index contributed by atoms with van der Waals surface area (Å²) in [6.45, 7) is 5.54. The molecule has 0 aliphatic carbocycles. The van der Waals surface area contributed by atoms with Crippen LogP contribution in [-0.4, -0.2) is 37.5 Å². The van der Waals surface area contributed by atoms with Crippen molar-refractivity contribution < 1.29 is 4.79 Å². The topological polar surface area (TPSA) is 49.6 Å². The van der Waals surface area contributed by atoms with Crippen molar-refractivity contribution in [2.45, 2.75) is 19.4 Å². The van der Waals surface area contributed by atoms with E-state index in [1.807, 2.05) is 18.2 Å². The van der Waals surface area contributed by atoms with Gasteiger partial charge in [-0.3, -0.25) is 4.79 Å². The number of likely N-dealkylation sites (tertiary alicyclic amines) is 1. The molecule has 1 saturated heterocycles. The van der Waals surface area contributed by atoms with Crippen LogP contribution < -0.4 is 10.6 Å². The number of nitrogens with two attached hydrogens (primary N) is 1. The van der Waals surface area contributed by atoms with Crippen LogP contribution in [-0.2, 0) is 0 Å². The van der Waals surface area contributed by atoms with Gasteiger partial charge in [-0.2, -0.15) is 0 Å². The quantitative estimate of drug-likeness (QED) is 0.836. The van der Waals surface area contributed by atoms with Gasteiger partial charge in [0.25, 0.3) is 0 Å². The van der Waals surface area contributed by atoms with E-state index in [2.05, 4.69) is 48.0 Å². The van der Waals surface area contributed by atoms with Crippen LogP contribution in [0.15, 0.2) is 48.5 Å². The Morgan fingerprint density at radius 2 is 2.04 bits per heavy atom. The molecule has 0 unspecified atom stereocenters. The Kier molecular flexibility index (Phi) is 5.84. The minimum atomic E-state index is -0.505. The molecular weight excluding hydrogens is 346 g/mol. The maximum absolute atomic E-state index is 11.4. The summed E-state index contributed by atoms with van der Waals surface area (Å²) in [6, 6.07) is 16.2. The molecule has 1 aliphatic heterocycles. The lowest BCUT2D eigenvalue weighted by Crippen LogP contribution is -2.35. The Morgan fingerprint density at radius 1 is 1.31 bits per heavy atom. The number of anilines is 1. The van der Waals surface area contributed by atoms with Crippen LogP contribution in [0.4, 0.5) is 5.69 Å². The van der Waals surface area contributed by atoms with Gasteiger partial charge in [-0.15, -0.1) is 0 Å². The highest BCUT2D eigenvalue weighted by atomic mass is 35.5. The third-order valence-electron chi connectivity index (χ3n) is 5.22. The molecule has 2 atom stereocenters. The lowest BCUT2D eigenvalue weighted by atomic mass is 10.0. The number of nitrogens with zero attached hydrogens (tertiary/aromatic N) is 2. The number of hydrogen-bond donors (Lipinski definition) is 1. The van der Waals surface area contributed by atoms with Gasteiger partial charge in [0.05, 0.1) is 16.6 Å². The van der Waals surface area contributed by atoms with Crippen LogP contribution in [0, 0.1) is 5.92 Å². The fourth-order valence-electron chi connectivity index (χ4n) is 3.67. The van der Waals surface area contributed by atoms with Gasteiger partial charge >= 0.3 is 0 Å². The third-order valence-corrected chi connectivity index (χ3v) is 5.53. The molecule has 0 aromatic heterocycles. The van der Waals surface area contributed by atoms with Crippen molar-refractivity contribution in [1.29, 1.82) is 0 Å². The maximum atomic E-state index is 11.4. The summed E-state index contributed by atoms with van der Waals surface area (Å²) in [5.41, 5.74) is 7.97. The van der Waals surface area contributed by atoms with Gasteiger partial charge in [0.15, 0.2) is 0 Å². The van der Waals surface area contributed by atoms with Gasteiger partial charge in [-0.25, -0.2) is 0 Å². The van der Waals surface area contributed by atoms with Crippen LogP contribution in [0.2, 0.25) is 5.02 Å². The zero-order valence-corrected chi connectivity index (χ0v) is 16.1. The van der Waals surface area contributed by atoms with E-state index in [1.54, 1.807) is 6.07 Å². The number of amides is 1. The number of carbonyl (C=O) groups is 1. The van der Waals surface area contributed by atoms with E-state index in [1.165, 1.54) is 12.0 Å². The fourth-order valence-corrected chi connectivity index (χ4v) is 3.93. The summed E-state index contributed by atoms with van der Waals surface area (Å²) in [5.74, 6) is 0.246. The summed E-state index contributed by atoms with van der Waals surface area (Å²) < 4.78 is 0. The second kappa shape index (κ2) is 8.11. The Hall–Kier alpha value is -2.04. The predicted molar refractivity (Wildman–Crippen MR) is 108 cm³/mol. The third kappa shape index (κ3) is 4.19. The fraction of sp³-hybridized carbons (Fsp3) is 0.381. The number of rotatable bonds is 6. The number of likely N-dealkylation sites (N-methyl/N-ethyl adjacent to an activating group) is 1. The zero-order chi connectivity index (χ0) is 18.7. The van der Waals surface area contributed by atoms with E-state index in [0.29, 0.717) is 10.6 Å². The van der Waals surface area contributed by atoms with E-state index >= 15 is 0 Å². The first-order chi connectivity index (χ1) is 12.5. The molecule has 0 radical (unpaired) electrons. The van der Waals surface area contributed by atoms with Crippen molar-refractivity contribution in [2.75, 3.05) is 31.6 Å². The standard InChI is InChI=1S/C21H26ClN3O/c1-15-10-11-25(13-15)14-20(16-6-4-3-5-7-16)24(2)17-8-9-18(21(23)26)19(22)12-17/h3-9,12,15,20H,10-11,13-14H2,1-2H3,(H2,23,26)/t15-,20+/m0/s1. The number of halogens is 1. The molecule has 4 nitrogen and oxygen atoms in total. The van der Waals surface area contributed by atoms with Crippen LogP contribution >= 0.6 is 11.6 Å². The average molecular weight is 372 g/mol. The number of hydrogen-bond acceptors (Lipinski definition) is 3. The Bertz CT molecular complexity index is 765. The molecule has 1 fully saturated rings. The molecule has 2 aromatic rings. The Balaban J connectivity index is 1.88.